The molecule has 1 aromatic heterocycles. The van der Waals surface area contributed by atoms with Gasteiger partial charge in [0.15, 0.2) is 0 Å². The first-order chi connectivity index (χ1) is 12.0. The van der Waals surface area contributed by atoms with Crippen molar-refractivity contribution in [3.8, 4) is 0 Å². The van der Waals surface area contributed by atoms with Gasteiger partial charge in [0.2, 0.25) is 5.56 Å². The summed E-state index contributed by atoms with van der Waals surface area (Å²) in [6.45, 7) is 0. The van der Waals surface area contributed by atoms with Gasteiger partial charge in [-0.1, -0.05) is 18.2 Å². The molecule has 0 radical (unpaired) electrons. The second kappa shape index (κ2) is 6.26. The predicted octanol–water partition coefficient (Wildman–Crippen LogP) is 3.38. The third-order valence-corrected chi connectivity index (χ3v) is 4.71. The van der Waals surface area contributed by atoms with Crippen molar-refractivity contribution >= 4 is 21.0 Å². The van der Waals surface area contributed by atoms with Crippen LogP contribution in [0.2, 0.25) is 0 Å². The van der Waals surface area contributed by atoms with Crippen molar-refractivity contribution in [3.05, 3.63) is 75.6 Å². The van der Waals surface area contributed by atoms with Crippen LogP contribution in [0.3, 0.4) is 0 Å². The van der Waals surface area contributed by atoms with E-state index >= 15 is 0 Å². The number of hydrogen-bond acceptors (Lipinski definition) is 3. The molecule has 0 aliphatic carbocycles. The number of aromatic amines is 1. The molecule has 26 heavy (non-hydrogen) atoms. The van der Waals surface area contributed by atoms with Gasteiger partial charge < -0.3 is 4.98 Å². The van der Waals surface area contributed by atoms with Crippen molar-refractivity contribution < 1.29 is 26.1 Å². The van der Waals surface area contributed by atoms with E-state index in [1.54, 1.807) is 6.07 Å². The van der Waals surface area contributed by atoms with Gasteiger partial charge in [0.1, 0.15) is 0 Å². The van der Waals surface area contributed by atoms with Crippen LogP contribution in [0, 0.1) is 0 Å². The lowest BCUT2D eigenvalue weighted by Gasteiger charge is -2.11. The largest absolute Gasteiger partial charge is 0.417 e. The average Bonchev–Trinajstić information content (AvgIpc) is 2.53. The maximum Gasteiger partial charge on any atom is 0.417 e. The quantitative estimate of drug-likeness (QED) is 0.679. The highest BCUT2D eigenvalue weighted by atomic mass is 32.2. The Kier molecular flexibility index (Phi) is 4.37. The first kappa shape index (κ1) is 18.2. The van der Waals surface area contributed by atoms with Gasteiger partial charge in [-0.15, -0.1) is 0 Å². The van der Waals surface area contributed by atoms with Gasteiger partial charge in [-0.25, -0.2) is 0 Å². The van der Waals surface area contributed by atoms with Crippen LogP contribution in [0.1, 0.15) is 16.7 Å². The van der Waals surface area contributed by atoms with Gasteiger partial charge in [0.25, 0.3) is 10.1 Å². The minimum atomic E-state index is -4.66. The molecule has 0 aliphatic rings. The Morgan fingerprint density at radius 1 is 0.962 bits per heavy atom. The Morgan fingerprint density at radius 3 is 2.15 bits per heavy atom. The topological polar surface area (TPSA) is 87.2 Å². The Labute approximate surface area is 145 Å². The van der Waals surface area contributed by atoms with Crippen LogP contribution < -0.4 is 5.56 Å². The highest BCUT2D eigenvalue weighted by molar-refractivity contribution is 7.85. The SMILES string of the molecule is O=c1cc(C(F)(F)F)c2cc(Cc3ccc(S(=O)(=O)O)cc3)ccc2[nH]1. The van der Waals surface area contributed by atoms with Gasteiger partial charge in [-0.05, 0) is 41.8 Å². The fourth-order valence-corrected chi connectivity index (χ4v) is 3.14. The van der Waals surface area contributed by atoms with Gasteiger partial charge in [-0.2, -0.15) is 21.6 Å². The van der Waals surface area contributed by atoms with Crippen LogP contribution in [-0.2, 0) is 22.7 Å². The molecule has 0 unspecified atom stereocenters. The molecule has 3 aromatic rings. The summed E-state index contributed by atoms with van der Waals surface area (Å²) in [7, 11) is -4.31. The molecule has 0 fully saturated rings. The van der Waals surface area contributed by atoms with E-state index in [1.807, 2.05) is 0 Å². The third-order valence-electron chi connectivity index (χ3n) is 3.84. The van der Waals surface area contributed by atoms with E-state index in [2.05, 4.69) is 4.98 Å². The first-order valence-electron chi connectivity index (χ1n) is 7.33. The highest BCUT2D eigenvalue weighted by Gasteiger charge is 2.33. The molecule has 5 nitrogen and oxygen atoms in total. The number of aromatic nitrogens is 1. The highest BCUT2D eigenvalue weighted by Crippen LogP contribution is 2.33. The zero-order valence-corrected chi connectivity index (χ0v) is 13.9. The number of halogens is 3. The van der Waals surface area contributed by atoms with Crippen molar-refractivity contribution in [2.75, 3.05) is 0 Å². The van der Waals surface area contributed by atoms with Crippen molar-refractivity contribution in [3.63, 3.8) is 0 Å². The second-order valence-corrected chi connectivity index (χ2v) is 7.14. The van der Waals surface area contributed by atoms with E-state index < -0.39 is 27.4 Å². The first-order valence-corrected chi connectivity index (χ1v) is 8.78. The van der Waals surface area contributed by atoms with E-state index in [1.165, 1.54) is 36.4 Å². The van der Waals surface area contributed by atoms with Crippen LogP contribution >= 0.6 is 0 Å². The van der Waals surface area contributed by atoms with Crippen LogP contribution in [0.4, 0.5) is 13.2 Å². The summed E-state index contributed by atoms with van der Waals surface area (Å²) in [6, 6.07) is 10.2. The van der Waals surface area contributed by atoms with Crippen LogP contribution in [0.25, 0.3) is 10.9 Å². The number of fused-ring (bicyclic) bond motifs is 1. The molecule has 0 saturated heterocycles. The Bertz CT molecular complexity index is 1130. The molecular weight excluding hydrogens is 371 g/mol. The lowest BCUT2D eigenvalue weighted by molar-refractivity contribution is -0.136. The Hall–Kier alpha value is -2.65. The van der Waals surface area contributed by atoms with Gasteiger partial charge in [0, 0.05) is 17.0 Å². The number of pyridine rings is 1. The molecule has 0 atom stereocenters. The normalized spacial score (nSPS) is 12.5. The monoisotopic (exact) mass is 383 g/mol. The zero-order chi connectivity index (χ0) is 19.1. The van der Waals surface area contributed by atoms with Crippen molar-refractivity contribution in [2.45, 2.75) is 17.5 Å². The summed E-state index contributed by atoms with van der Waals surface area (Å²) in [5.74, 6) is 0. The maximum atomic E-state index is 13.2. The summed E-state index contributed by atoms with van der Waals surface area (Å²) in [6.07, 6.45) is -4.42. The third kappa shape index (κ3) is 3.78. The molecular formula is C17H12F3NO4S. The van der Waals surface area contributed by atoms with Gasteiger partial charge >= 0.3 is 6.18 Å². The standard InChI is InChI=1S/C17H12F3NO4S/c18-17(19,20)14-9-16(22)21-15-6-3-11(8-13(14)15)7-10-1-4-12(5-2-10)26(23,24)25/h1-6,8-9H,7H2,(H,21,22)(H,23,24,25). The number of benzene rings is 2. The Morgan fingerprint density at radius 2 is 1.58 bits per heavy atom. The molecule has 0 spiro atoms. The molecule has 9 heteroatoms. The molecule has 0 aliphatic heterocycles. The minimum absolute atomic E-state index is 0.0790. The summed E-state index contributed by atoms with van der Waals surface area (Å²) < 4.78 is 70.5. The number of H-pyrrole nitrogens is 1. The average molecular weight is 383 g/mol. The van der Waals surface area contributed by atoms with Gasteiger partial charge in [0.05, 0.1) is 10.5 Å². The molecule has 2 N–H and O–H groups in total. The summed E-state index contributed by atoms with van der Waals surface area (Å²) in [5.41, 5.74) is -0.571. The van der Waals surface area contributed by atoms with E-state index in [0.29, 0.717) is 17.2 Å². The number of alkyl halides is 3. The molecule has 2 aromatic carbocycles. The second-order valence-electron chi connectivity index (χ2n) is 5.72. The van der Waals surface area contributed by atoms with E-state index in [0.717, 1.165) is 0 Å². The molecule has 0 saturated carbocycles. The van der Waals surface area contributed by atoms with E-state index in [4.69, 9.17) is 4.55 Å². The van der Waals surface area contributed by atoms with E-state index in [-0.39, 0.29) is 22.2 Å². The number of nitrogens with one attached hydrogen (secondary N) is 1. The van der Waals surface area contributed by atoms with Crippen LogP contribution in [0.5, 0.6) is 0 Å². The predicted molar refractivity (Wildman–Crippen MR) is 88.6 cm³/mol. The van der Waals surface area contributed by atoms with Crippen molar-refractivity contribution in [1.29, 1.82) is 0 Å². The lowest BCUT2D eigenvalue weighted by Crippen LogP contribution is -2.14. The van der Waals surface area contributed by atoms with E-state index in [9.17, 15) is 26.4 Å². The fraction of sp³-hybridized carbons (Fsp3) is 0.118. The smallest absolute Gasteiger partial charge is 0.322 e. The molecule has 3 rings (SSSR count). The Balaban J connectivity index is 2.01. The molecule has 0 amide bonds. The zero-order valence-electron chi connectivity index (χ0n) is 13.0. The minimum Gasteiger partial charge on any atom is -0.322 e. The van der Waals surface area contributed by atoms with Crippen molar-refractivity contribution in [1.82, 2.24) is 4.98 Å². The van der Waals surface area contributed by atoms with Crippen molar-refractivity contribution in [2.24, 2.45) is 0 Å². The molecule has 0 bridgehead atoms. The molecule has 136 valence electrons. The number of hydrogen-bond donors (Lipinski definition) is 2. The summed E-state index contributed by atoms with van der Waals surface area (Å²) >= 11 is 0. The van der Waals surface area contributed by atoms with Gasteiger partial charge in [-0.3, -0.25) is 9.35 Å². The van der Waals surface area contributed by atoms with Crippen LogP contribution in [0.15, 0.2) is 58.2 Å². The fourth-order valence-electron chi connectivity index (χ4n) is 2.66. The molecule has 1 heterocycles. The summed E-state index contributed by atoms with van der Waals surface area (Å²) in [5, 5.41) is -0.121. The number of rotatable bonds is 3. The lowest BCUT2D eigenvalue weighted by atomic mass is 10.0. The maximum absolute atomic E-state index is 13.2. The van der Waals surface area contributed by atoms with Crippen LogP contribution in [-0.4, -0.2) is 18.0 Å². The summed E-state index contributed by atoms with van der Waals surface area (Å²) in [4.78, 5) is 13.5.